The zero-order chi connectivity index (χ0) is 19.4. The lowest BCUT2D eigenvalue weighted by molar-refractivity contribution is -0.0496. The Kier molecular flexibility index (Phi) is 7.14. The van der Waals surface area contributed by atoms with Gasteiger partial charge in [-0.15, -0.1) is 0 Å². The number of aliphatic imine (C=N–C) groups is 1. The van der Waals surface area contributed by atoms with Gasteiger partial charge in [-0.3, -0.25) is 4.99 Å². The average Bonchev–Trinajstić information content (AvgIpc) is 3.04. The molecule has 0 spiro atoms. The molecule has 0 aromatic heterocycles. The molecule has 2 aliphatic heterocycles. The lowest BCUT2D eigenvalue weighted by atomic mass is 9.98. The van der Waals surface area contributed by atoms with Crippen molar-refractivity contribution in [2.45, 2.75) is 24.8 Å². The summed E-state index contributed by atoms with van der Waals surface area (Å²) in [7, 11) is -1.83. The molecule has 0 radical (unpaired) electrons. The zero-order valence-corrected chi connectivity index (χ0v) is 15.9. The first-order chi connectivity index (χ1) is 12.2. The van der Waals surface area contributed by atoms with E-state index in [1.54, 1.807) is 14.2 Å². The molecule has 2 aliphatic rings. The molecule has 0 amide bonds. The summed E-state index contributed by atoms with van der Waals surface area (Å²) in [5, 5.41) is 3.27. The number of likely N-dealkylation sites (tertiary alicyclic amines) is 1. The molecule has 0 aromatic rings. The second-order valence-corrected chi connectivity index (χ2v) is 8.71. The molecule has 2 heterocycles. The van der Waals surface area contributed by atoms with Crippen LogP contribution in [0.4, 0.5) is 13.2 Å². The van der Waals surface area contributed by atoms with Crippen molar-refractivity contribution in [2.24, 2.45) is 16.8 Å². The van der Waals surface area contributed by atoms with E-state index >= 15 is 0 Å². The Balaban J connectivity index is 1.79. The number of hydrogen-bond donors (Lipinski definition) is 1. The molecule has 1 N–H and O–H groups in total. The van der Waals surface area contributed by atoms with Crippen LogP contribution < -0.4 is 5.32 Å². The fraction of sp³-hybridized carbons (Fsp3) is 0.933. The van der Waals surface area contributed by atoms with Gasteiger partial charge in [0.2, 0.25) is 0 Å². The maximum Gasteiger partial charge on any atom is 0.511 e. The second kappa shape index (κ2) is 8.75. The number of hydrogen-bond acceptors (Lipinski definition) is 4. The van der Waals surface area contributed by atoms with E-state index in [1.165, 1.54) is 0 Å². The van der Waals surface area contributed by atoms with Crippen LogP contribution in [0, 0.1) is 11.8 Å². The minimum atomic E-state index is -5.23. The topological polar surface area (TPSA) is 74.2 Å². The van der Waals surface area contributed by atoms with E-state index in [0.717, 1.165) is 25.5 Å². The Morgan fingerprint density at radius 2 is 1.81 bits per heavy atom. The van der Waals surface area contributed by atoms with E-state index in [-0.39, 0.29) is 19.0 Å². The summed E-state index contributed by atoms with van der Waals surface area (Å²) in [4.78, 5) is 6.42. The monoisotopic (exact) mass is 400 g/mol. The third-order valence-corrected chi connectivity index (χ3v) is 6.58. The summed E-state index contributed by atoms with van der Waals surface area (Å²) in [6.07, 6.45) is 1.82. The number of ether oxygens (including phenoxy) is 1. The number of alkyl halides is 3. The summed E-state index contributed by atoms with van der Waals surface area (Å²) in [6, 6.07) is 0. The molecular formula is C15H27F3N4O3S. The van der Waals surface area contributed by atoms with Crippen molar-refractivity contribution in [3.8, 4) is 0 Å². The minimum Gasteiger partial charge on any atom is -0.384 e. The summed E-state index contributed by atoms with van der Waals surface area (Å²) < 4.78 is 66.4. The van der Waals surface area contributed by atoms with Gasteiger partial charge in [0, 0.05) is 52.8 Å². The number of nitrogens with one attached hydrogen (secondary N) is 1. The van der Waals surface area contributed by atoms with Gasteiger partial charge in [0.1, 0.15) is 0 Å². The molecule has 2 saturated heterocycles. The summed E-state index contributed by atoms with van der Waals surface area (Å²) in [5.74, 6) is 1.35. The molecule has 0 aromatic carbocycles. The molecule has 0 bridgehead atoms. The van der Waals surface area contributed by atoms with Crippen molar-refractivity contribution >= 4 is 16.0 Å². The maximum atomic E-state index is 12.6. The number of rotatable bonds is 5. The Hall–Kier alpha value is -1.07. The quantitative estimate of drug-likeness (QED) is 0.553. The molecule has 2 fully saturated rings. The molecule has 7 nitrogen and oxygen atoms in total. The van der Waals surface area contributed by atoms with E-state index in [4.69, 9.17) is 4.74 Å². The van der Waals surface area contributed by atoms with Crippen LogP contribution in [-0.4, -0.2) is 82.6 Å². The fourth-order valence-corrected chi connectivity index (χ4v) is 4.45. The Labute approximate surface area is 152 Å². The van der Waals surface area contributed by atoms with Crippen molar-refractivity contribution in [1.29, 1.82) is 0 Å². The standard InChI is InChI=1S/C15H27F3N4O3S/c1-19-14(21-6-3-13(10-21)11-25-2)20-9-12-4-7-22(8-5-12)26(23,24)15(16,17)18/h12-13H,3-11H2,1-2H3,(H,19,20). The van der Waals surface area contributed by atoms with Crippen molar-refractivity contribution in [1.82, 2.24) is 14.5 Å². The third-order valence-electron chi connectivity index (χ3n) is 4.95. The highest BCUT2D eigenvalue weighted by molar-refractivity contribution is 7.90. The van der Waals surface area contributed by atoms with Crippen LogP contribution in [0.1, 0.15) is 19.3 Å². The number of guanidine groups is 1. The molecule has 2 rings (SSSR count). The van der Waals surface area contributed by atoms with E-state index in [0.29, 0.717) is 36.2 Å². The molecule has 0 saturated carbocycles. The van der Waals surface area contributed by atoms with Crippen LogP contribution in [-0.2, 0) is 14.8 Å². The van der Waals surface area contributed by atoms with E-state index < -0.39 is 15.5 Å². The smallest absolute Gasteiger partial charge is 0.384 e. The number of methoxy groups -OCH3 is 1. The van der Waals surface area contributed by atoms with Gasteiger partial charge in [-0.25, -0.2) is 8.42 Å². The number of sulfonamides is 1. The van der Waals surface area contributed by atoms with Crippen molar-refractivity contribution in [3.05, 3.63) is 0 Å². The van der Waals surface area contributed by atoms with Gasteiger partial charge in [0.05, 0.1) is 6.61 Å². The molecule has 1 unspecified atom stereocenters. The largest absolute Gasteiger partial charge is 0.511 e. The van der Waals surface area contributed by atoms with Crippen LogP contribution in [0.15, 0.2) is 4.99 Å². The van der Waals surface area contributed by atoms with Crippen LogP contribution in [0.3, 0.4) is 0 Å². The number of nitrogens with zero attached hydrogens (tertiary/aromatic N) is 3. The first-order valence-electron chi connectivity index (χ1n) is 8.70. The molecule has 0 aliphatic carbocycles. The number of halogens is 3. The molecule has 26 heavy (non-hydrogen) atoms. The van der Waals surface area contributed by atoms with Gasteiger partial charge in [0.25, 0.3) is 0 Å². The van der Waals surface area contributed by atoms with Crippen LogP contribution in [0.5, 0.6) is 0 Å². The maximum absolute atomic E-state index is 12.6. The highest BCUT2D eigenvalue weighted by atomic mass is 32.2. The highest BCUT2D eigenvalue weighted by Crippen LogP contribution is 2.30. The van der Waals surface area contributed by atoms with Crippen LogP contribution in [0.25, 0.3) is 0 Å². The predicted octanol–water partition coefficient (Wildman–Crippen LogP) is 1.09. The SMILES string of the molecule is CN=C(NCC1CCN(S(=O)(=O)C(F)(F)F)CC1)N1CCC(COC)C1. The lowest BCUT2D eigenvalue weighted by Gasteiger charge is -2.32. The van der Waals surface area contributed by atoms with Crippen molar-refractivity contribution in [2.75, 3.05) is 53.5 Å². The fourth-order valence-electron chi connectivity index (χ4n) is 3.46. The normalized spacial score (nSPS) is 24.3. The predicted molar refractivity (Wildman–Crippen MR) is 92.2 cm³/mol. The molecular weight excluding hydrogens is 373 g/mol. The third kappa shape index (κ3) is 5.01. The Bertz CT molecular complexity index is 589. The van der Waals surface area contributed by atoms with Gasteiger partial charge in [0.15, 0.2) is 5.96 Å². The van der Waals surface area contributed by atoms with E-state index in [2.05, 4.69) is 15.2 Å². The molecule has 152 valence electrons. The lowest BCUT2D eigenvalue weighted by Crippen LogP contribution is -2.47. The van der Waals surface area contributed by atoms with Gasteiger partial charge >= 0.3 is 15.5 Å². The summed E-state index contributed by atoms with van der Waals surface area (Å²) in [5.41, 5.74) is -5.23. The zero-order valence-electron chi connectivity index (χ0n) is 15.1. The number of piperidine rings is 1. The molecule has 1 atom stereocenters. The van der Waals surface area contributed by atoms with E-state index in [1.807, 2.05) is 0 Å². The van der Waals surface area contributed by atoms with Gasteiger partial charge in [-0.05, 0) is 25.2 Å². The van der Waals surface area contributed by atoms with Gasteiger partial charge < -0.3 is 15.0 Å². The highest BCUT2D eigenvalue weighted by Gasteiger charge is 2.50. The van der Waals surface area contributed by atoms with Crippen LogP contribution in [0.2, 0.25) is 0 Å². The summed E-state index contributed by atoms with van der Waals surface area (Å²) in [6.45, 7) is 2.81. The Morgan fingerprint density at radius 1 is 1.19 bits per heavy atom. The minimum absolute atomic E-state index is 0.105. The average molecular weight is 400 g/mol. The van der Waals surface area contributed by atoms with E-state index in [9.17, 15) is 21.6 Å². The molecule has 11 heteroatoms. The van der Waals surface area contributed by atoms with Crippen molar-refractivity contribution < 1.29 is 26.3 Å². The van der Waals surface area contributed by atoms with Gasteiger partial charge in [-0.1, -0.05) is 0 Å². The van der Waals surface area contributed by atoms with Crippen LogP contribution >= 0.6 is 0 Å². The summed E-state index contributed by atoms with van der Waals surface area (Å²) >= 11 is 0. The van der Waals surface area contributed by atoms with Crippen molar-refractivity contribution in [3.63, 3.8) is 0 Å². The first kappa shape index (κ1) is 21.2. The van der Waals surface area contributed by atoms with Gasteiger partial charge in [-0.2, -0.15) is 17.5 Å². The Morgan fingerprint density at radius 3 is 2.35 bits per heavy atom. The first-order valence-corrected chi connectivity index (χ1v) is 10.1. The second-order valence-electron chi connectivity index (χ2n) is 6.78.